The largest absolute Gasteiger partial charge is 0.472 e. The Hall–Kier alpha value is -3.14. The molecule has 3 fully saturated rings. The first-order valence-electron chi connectivity index (χ1n) is 14.0. The Morgan fingerprint density at radius 2 is 1.93 bits per heavy atom. The summed E-state index contributed by atoms with van der Waals surface area (Å²) in [5.41, 5.74) is -0.389. The van der Waals surface area contributed by atoms with Crippen molar-refractivity contribution in [3.8, 4) is 5.88 Å². The van der Waals surface area contributed by atoms with Gasteiger partial charge in [-0.15, -0.1) is 6.58 Å². The average Bonchev–Trinajstić information content (AvgIpc) is 3.81. The van der Waals surface area contributed by atoms with Gasteiger partial charge in [-0.3, -0.25) is 9.69 Å². The van der Waals surface area contributed by atoms with Crippen molar-refractivity contribution in [3.63, 3.8) is 0 Å². The number of nitrogens with one attached hydrogen (secondary N) is 1. The van der Waals surface area contributed by atoms with Gasteiger partial charge in [0.1, 0.15) is 17.7 Å². The zero-order valence-electron chi connectivity index (χ0n) is 23.7. The number of fused-ring (bicyclic) bond motifs is 1. The van der Waals surface area contributed by atoms with E-state index < -0.39 is 39.2 Å². The normalized spacial score (nSPS) is 26.4. The molecule has 10 heteroatoms. The molecule has 1 N–H and O–H groups in total. The molecule has 0 spiro atoms. The molecule has 2 aromatic rings. The van der Waals surface area contributed by atoms with Gasteiger partial charge >= 0.3 is 6.09 Å². The number of likely N-dealkylation sites (tertiary alicyclic amines) is 1. The van der Waals surface area contributed by atoms with Crippen LogP contribution in [0.5, 0.6) is 5.88 Å². The topological polar surface area (TPSA) is 115 Å². The second kappa shape index (κ2) is 10.4. The van der Waals surface area contributed by atoms with Gasteiger partial charge in [-0.05, 0) is 70.4 Å². The predicted molar refractivity (Wildman–Crippen MR) is 153 cm³/mol. The number of carbonyl (C=O) groups excluding carboxylic acids is 2. The smallest absolute Gasteiger partial charge is 0.411 e. The number of hydrogen-bond acceptors (Lipinski definition) is 7. The summed E-state index contributed by atoms with van der Waals surface area (Å²) in [4.78, 5) is 32.9. The fourth-order valence-electron chi connectivity index (χ4n) is 5.60. The maximum Gasteiger partial charge on any atom is 0.411 e. The Kier molecular flexibility index (Phi) is 7.35. The molecule has 5 rings (SSSR count). The lowest BCUT2D eigenvalue weighted by molar-refractivity contribution is -0.126. The first-order valence-corrected chi connectivity index (χ1v) is 15.7. The van der Waals surface area contributed by atoms with Crippen molar-refractivity contribution < 1.29 is 27.5 Å². The Labute approximate surface area is 236 Å². The van der Waals surface area contributed by atoms with Gasteiger partial charge in [-0.2, -0.15) is 0 Å². The van der Waals surface area contributed by atoms with Crippen LogP contribution in [-0.2, 0) is 19.4 Å². The monoisotopic (exact) mass is 569 g/mol. The van der Waals surface area contributed by atoms with Crippen molar-refractivity contribution in [1.82, 2.24) is 15.2 Å². The van der Waals surface area contributed by atoms with Gasteiger partial charge in [0, 0.05) is 29.5 Å². The summed E-state index contributed by atoms with van der Waals surface area (Å²) in [5.74, 6) is 0.122. The summed E-state index contributed by atoms with van der Waals surface area (Å²) in [6.07, 6.45) is 5.08. The van der Waals surface area contributed by atoms with E-state index in [0.29, 0.717) is 31.6 Å². The molecule has 2 aliphatic carbocycles. The average molecular weight is 570 g/mol. The first kappa shape index (κ1) is 28.4. The van der Waals surface area contributed by atoms with Crippen LogP contribution in [0.1, 0.15) is 58.4 Å². The lowest BCUT2D eigenvalue weighted by atomic mass is 10.1. The third kappa shape index (κ3) is 5.96. The van der Waals surface area contributed by atoms with Crippen LogP contribution in [0.2, 0.25) is 0 Å². The summed E-state index contributed by atoms with van der Waals surface area (Å²) < 4.78 is 37.1. The van der Waals surface area contributed by atoms with Gasteiger partial charge in [-0.1, -0.05) is 24.3 Å². The number of amides is 2. The number of ether oxygens (including phenoxy) is 2. The third-order valence-corrected chi connectivity index (χ3v) is 10.3. The molecule has 4 atom stereocenters. The molecule has 1 aliphatic heterocycles. The molecule has 0 bridgehead atoms. The summed E-state index contributed by atoms with van der Waals surface area (Å²) >= 11 is 0. The van der Waals surface area contributed by atoms with Crippen LogP contribution >= 0.6 is 0 Å². The fourth-order valence-corrected chi connectivity index (χ4v) is 7.43. The van der Waals surface area contributed by atoms with Crippen molar-refractivity contribution in [2.45, 2.75) is 88.3 Å². The van der Waals surface area contributed by atoms with Gasteiger partial charge in [0.15, 0.2) is 9.84 Å². The molecular formula is C30H39N3O6S. The number of aromatic nitrogens is 1. The number of benzene rings is 1. The van der Waals surface area contributed by atoms with Crippen LogP contribution in [0, 0.1) is 12.8 Å². The van der Waals surface area contributed by atoms with Crippen LogP contribution < -0.4 is 10.1 Å². The fraction of sp³-hybridized carbons (Fsp3) is 0.567. The molecule has 216 valence electrons. The standard InChI is InChI=1S/C30H39N3O6S/c1-6-20-16-30(20,13-14-40(36,37)22-11-12-22)32-26(34)25-15-21(18-33(25)28(35)39-29(3,4)5)38-27-24-10-8-7-9-23(24)19(2)17-31-27/h6-10,17,20-22,25H,1,11-16,18H2,2-5H3,(H,32,34)/t20-,21-,25+,30-/m1/s1. The second-order valence-electron chi connectivity index (χ2n) is 12.4. The zero-order chi connectivity index (χ0) is 28.9. The molecule has 2 saturated carbocycles. The molecular weight excluding hydrogens is 530 g/mol. The van der Waals surface area contributed by atoms with E-state index in [0.717, 1.165) is 16.3 Å². The van der Waals surface area contributed by atoms with E-state index >= 15 is 0 Å². The van der Waals surface area contributed by atoms with Crippen molar-refractivity contribution in [2.24, 2.45) is 5.92 Å². The lowest BCUT2D eigenvalue weighted by Crippen LogP contribution is -2.51. The number of aryl methyl sites for hydroxylation is 1. The van der Waals surface area contributed by atoms with Gasteiger partial charge < -0.3 is 14.8 Å². The molecule has 0 radical (unpaired) electrons. The first-order chi connectivity index (χ1) is 18.8. The van der Waals surface area contributed by atoms with E-state index in [4.69, 9.17) is 9.47 Å². The predicted octanol–water partition coefficient (Wildman–Crippen LogP) is 4.33. The van der Waals surface area contributed by atoms with Crippen molar-refractivity contribution in [1.29, 1.82) is 0 Å². The zero-order valence-corrected chi connectivity index (χ0v) is 24.5. The van der Waals surface area contributed by atoms with Crippen LogP contribution in [0.3, 0.4) is 0 Å². The van der Waals surface area contributed by atoms with Gasteiger partial charge in [0.05, 0.1) is 17.5 Å². The molecule has 9 nitrogen and oxygen atoms in total. The minimum atomic E-state index is -3.17. The van der Waals surface area contributed by atoms with Crippen molar-refractivity contribution >= 4 is 32.6 Å². The second-order valence-corrected chi connectivity index (χ2v) is 14.8. The molecule has 40 heavy (non-hydrogen) atoms. The molecule has 3 aliphatic rings. The molecule has 0 unspecified atom stereocenters. The Morgan fingerprint density at radius 1 is 1.23 bits per heavy atom. The molecule has 2 heterocycles. The van der Waals surface area contributed by atoms with E-state index in [1.807, 2.05) is 31.2 Å². The van der Waals surface area contributed by atoms with Gasteiger partial charge in [0.2, 0.25) is 11.8 Å². The summed E-state index contributed by atoms with van der Waals surface area (Å²) in [5, 5.41) is 4.76. The number of sulfone groups is 1. The van der Waals surface area contributed by atoms with E-state index in [1.54, 1.807) is 33.0 Å². The molecule has 1 aromatic carbocycles. The Bertz CT molecular complexity index is 1430. The molecule has 2 amide bonds. The highest BCUT2D eigenvalue weighted by Gasteiger charge is 2.56. The highest BCUT2D eigenvalue weighted by atomic mass is 32.2. The SMILES string of the molecule is C=C[C@@H]1C[C@@]1(CCS(=O)(=O)C1CC1)NC(=O)[C@@H]1C[C@@H](Oc2ncc(C)c3ccccc23)CN1C(=O)OC(C)(C)C. The van der Waals surface area contributed by atoms with Crippen LogP contribution in [0.15, 0.2) is 43.1 Å². The van der Waals surface area contributed by atoms with Crippen molar-refractivity contribution in [3.05, 3.63) is 48.7 Å². The van der Waals surface area contributed by atoms with Crippen LogP contribution in [0.25, 0.3) is 10.8 Å². The lowest BCUT2D eigenvalue weighted by Gasteiger charge is -2.29. The Morgan fingerprint density at radius 3 is 2.55 bits per heavy atom. The number of hydrogen-bond donors (Lipinski definition) is 1. The summed E-state index contributed by atoms with van der Waals surface area (Å²) in [6.45, 7) is 11.4. The van der Waals surface area contributed by atoms with E-state index in [9.17, 15) is 18.0 Å². The number of pyridine rings is 1. The molecule has 1 saturated heterocycles. The summed E-state index contributed by atoms with van der Waals surface area (Å²) in [6, 6.07) is 6.99. The van der Waals surface area contributed by atoms with Crippen molar-refractivity contribution in [2.75, 3.05) is 12.3 Å². The van der Waals surface area contributed by atoms with E-state index in [2.05, 4.69) is 16.9 Å². The Balaban J connectivity index is 1.35. The van der Waals surface area contributed by atoms with Crippen LogP contribution in [-0.4, -0.2) is 71.1 Å². The molecule has 1 aromatic heterocycles. The maximum absolute atomic E-state index is 13.8. The van der Waals surface area contributed by atoms with E-state index in [-0.39, 0.29) is 35.8 Å². The summed E-state index contributed by atoms with van der Waals surface area (Å²) in [7, 11) is -3.17. The quantitative estimate of drug-likeness (QED) is 0.447. The van der Waals surface area contributed by atoms with Gasteiger partial charge in [0.25, 0.3) is 0 Å². The highest BCUT2D eigenvalue weighted by molar-refractivity contribution is 7.92. The number of nitrogens with zero attached hydrogens (tertiary/aromatic N) is 2. The van der Waals surface area contributed by atoms with Crippen LogP contribution in [0.4, 0.5) is 4.79 Å². The minimum absolute atomic E-state index is 0.0163. The van der Waals surface area contributed by atoms with Gasteiger partial charge in [-0.25, -0.2) is 18.2 Å². The highest BCUT2D eigenvalue weighted by Crippen LogP contribution is 2.48. The number of rotatable bonds is 9. The maximum atomic E-state index is 13.8. The number of carbonyl (C=O) groups is 2. The minimum Gasteiger partial charge on any atom is -0.472 e. The van der Waals surface area contributed by atoms with E-state index in [1.165, 1.54) is 4.90 Å². The third-order valence-electron chi connectivity index (χ3n) is 8.08.